The van der Waals surface area contributed by atoms with Gasteiger partial charge in [0.15, 0.2) is 0 Å². The second-order valence-corrected chi connectivity index (χ2v) is 5.71. The van der Waals surface area contributed by atoms with Crippen molar-refractivity contribution in [2.24, 2.45) is 0 Å². The van der Waals surface area contributed by atoms with E-state index in [2.05, 4.69) is 15.9 Å². The van der Waals surface area contributed by atoms with Crippen molar-refractivity contribution in [3.05, 3.63) is 63.1 Å². The Morgan fingerprint density at radius 1 is 1.24 bits per heavy atom. The van der Waals surface area contributed by atoms with Crippen LogP contribution in [0.1, 0.15) is 11.1 Å². The quantitative estimate of drug-likeness (QED) is 0.746. The lowest BCUT2D eigenvalue weighted by Gasteiger charge is -2.11. The van der Waals surface area contributed by atoms with Crippen LogP contribution in [-0.4, -0.2) is 11.1 Å². The summed E-state index contributed by atoms with van der Waals surface area (Å²) in [5.41, 5.74) is 1.68. The van der Waals surface area contributed by atoms with Crippen molar-refractivity contribution in [2.45, 2.75) is 6.92 Å². The van der Waals surface area contributed by atoms with Crippen LogP contribution in [0.2, 0.25) is 5.02 Å². The van der Waals surface area contributed by atoms with E-state index in [0.29, 0.717) is 22.1 Å². The van der Waals surface area contributed by atoms with Crippen molar-refractivity contribution in [3.8, 4) is 11.5 Å². The van der Waals surface area contributed by atoms with Gasteiger partial charge in [0.25, 0.3) is 0 Å². The number of halogens is 2. The van der Waals surface area contributed by atoms with Crippen LogP contribution < -0.4 is 4.74 Å². The lowest BCUT2D eigenvalue weighted by molar-refractivity contribution is -0.131. The highest BCUT2D eigenvalue weighted by Gasteiger charge is 2.07. The molecule has 0 unspecified atom stereocenters. The van der Waals surface area contributed by atoms with Gasteiger partial charge < -0.3 is 9.84 Å². The maximum absolute atomic E-state index is 10.7. The third-order valence-electron chi connectivity index (χ3n) is 2.68. The van der Waals surface area contributed by atoms with Crippen molar-refractivity contribution in [3.63, 3.8) is 0 Å². The zero-order valence-electron chi connectivity index (χ0n) is 11.1. The SMILES string of the molecule is Cc1ccc(Oc2cc(Br)ccc2Cl)c(/C=C/C(=O)O)c1. The number of hydrogen-bond acceptors (Lipinski definition) is 2. The molecule has 0 amide bonds. The molecule has 0 atom stereocenters. The van der Waals surface area contributed by atoms with Gasteiger partial charge in [0, 0.05) is 16.1 Å². The highest BCUT2D eigenvalue weighted by Crippen LogP contribution is 2.34. The van der Waals surface area contributed by atoms with Crippen LogP contribution in [0.15, 0.2) is 46.9 Å². The molecule has 0 bridgehead atoms. The van der Waals surface area contributed by atoms with E-state index in [9.17, 15) is 4.79 Å². The molecule has 0 aliphatic heterocycles. The molecule has 1 N–H and O–H groups in total. The molecule has 2 rings (SSSR count). The number of carboxylic acids is 1. The van der Waals surface area contributed by atoms with Gasteiger partial charge in [0.1, 0.15) is 11.5 Å². The van der Waals surface area contributed by atoms with Crippen molar-refractivity contribution < 1.29 is 14.6 Å². The van der Waals surface area contributed by atoms with E-state index >= 15 is 0 Å². The molecule has 21 heavy (non-hydrogen) atoms. The molecule has 2 aromatic rings. The molecule has 0 fully saturated rings. The number of aliphatic carboxylic acids is 1. The van der Waals surface area contributed by atoms with Crippen LogP contribution in [0.25, 0.3) is 6.08 Å². The van der Waals surface area contributed by atoms with Gasteiger partial charge in [-0.05, 0) is 43.3 Å². The first-order valence-electron chi connectivity index (χ1n) is 6.10. The van der Waals surface area contributed by atoms with E-state index in [1.807, 2.05) is 25.1 Å². The second kappa shape index (κ2) is 6.78. The Kier molecular flexibility index (Phi) is 5.04. The first kappa shape index (κ1) is 15.6. The van der Waals surface area contributed by atoms with E-state index in [1.165, 1.54) is 6.08 Å². The minimum Gasteiger partial charge on any atom is -0.478 e. The summed E-state index contributed by atoms with van der Waals surface area (Å²) in [6.07, 6.45) is 2.57. The van der Waals surface area contributed by atoms with Crippen molar-refractivity contribution in [1.29, 1.82) is 0 Å². The summed E-state index contributed by atoms with van der Waals surface area (Å²) < 4.78 is 6.65. The molecule has 108 valence electrons. The van der Waals surface area contributed by atoms with Crippen LogP contribution in [0, 0.1) is 6.92 Å². The largest absolute Gasteiger partial charge is 0.478 e. The molecule has 0 radical (unpaired) electrons. The Balaban J connectivity index is 2.39. The molecule has 5 heteroatoms. The highest BCUT2D eigenvalue weighted by molar-refractivity contribution is 9.10. The summed E-state index contributed by atoms with van der Waals surface area (Å²) in [6.45, 7) is 1.92. The standard InChI is InChI=1S/C16H12BrClO3/c1-10-2-6-14(11(8-10)3-7-16(19)20)21-15-9-12(17)4-5-13(15)18/h2-9H,1H3,(H,19,20)/b7-3+. The summed E-state index contributed by atoms with van der Waals surface area (Å²) >= 11 is 9.46. The molecule has 0 heterocycles. The maximum atomic E-state index is 10.7. The van der Waals surface area contributed by atoms with E-state index < -0.39 is 5.97 Å². The maximum Gasteiger partial charge on any atom is 0.328 e. The highest BCUT2D eigenvalue weighted by atomic mass is 79.9. The second-order valence-electron chi connectivity index (χ2n) is 4.39. The summed E-state index contributed by atoms with van der Waals surface area (Å²) in [5.74, 6) is 0.0286. The van der Waals surface area contributed by atoms with Gasteiger partial charge in [0.2, 0.25) is 0 Å². The Labute approximate surface area is 135 Å². The van der Waals surface area contributed by atoms with Crippen LogP contribution >= 0.6 is 27.5 Å². The molecule has 0 aliphatic carbocycles. The van der Waals surface area contributed by atoms with E-state index in [1.54, 1.807) is 18.2 Å². The molecule has 3 nitrogen and oxygen atoms in total. The summed E-state index contributed by atoms with van der Waals surface area (Å²) in [6, 6.07) is 10.8. The summed E-state index contributed by atoms with van der Waals surface area (Å²) in [5, 5.41) is 9.23. The third kappa shape index (κ3) is 4.34. The number of carbonyl (C=O) groups is 1. The molecule has 0 aromatic heterocycles. The zero-order chi connectivity index (χ0) is 15.4. The molecular formula is C16H12BrClO3. The lowest BCUT2D eigenvalue weighted by Crippen LogP contribution is -1.91. The third-order valence-corrected chi connectivity index (χ3v) is 3.49. The predicted molar refractivity (Wildman–Crippen MR) is 87.1 cm³/mol. The number of benzene rings is 2. The van der Waals surface area contributed by atoms with Gasteiger partial charge in [0.05, 0.1) is 5.02 Å². The topological polar surface area (TPSA) is 46.5 Å². The Bertz CT molecular complexity index is 711. The Hall–Kier alpha value is -1.78. The predicted octanol–water partition coefficient (Wildman–Crippen LogP) is 5.30. The Morgan fingerprint density at radius 3 is 2.71 bits per heavy atom. The van der Waals surface area contributed by atoms with Gasteiger partial charge in [-0.1, -0.05) is 39.2 Å². The normalized spacial score (nSPS) is 10.8. The molecule has 0 aliphatic rings. The number of ether oxygens (including phenoxy) is 1. The van der Waals surface area contributed by atoms with Gasteiger partial charge in [-0.2, -0.15) is 0 Å². The van der Waals surface area contributed by atoms with Crippen molar-refractivity contribution in [2.75, 3.05) is 0 Å². The van der Waals surface area contributed by atoms with Crippen LogP contribution in [0.3, 0.4) is 0 Å². The zero-order valence-corrected chi connectivity index (χ0v) is 13.5. The first-order chi connectivity index (χ1) is 9.95. The molecule has 0 saturated carbocycles. The van der Waals surface area contributed by atoms with Gasteiger partial charge in [-0.25, -0.2) is 4.79 Å². The monoisotopic (exact) mass is 366 g/mol. The Morgan fingerprint density at radius 2 is 2.00 bits per heavy atom. The lowest BCUT2D eigenvalue weighted by atomic mass is 10.1. The minimum atomic E-state index is -1.01. The molecule has 0 saturated heterocycles. The average Bonchev–Trinajstić information content (AvgIpc) is 2.43. The fraction of sp³-hybridized carbons (Fsp3) is 0.0625. The van der Waals surface area contributed by atoms with Crippen LogP contribution in [-0.2, 0) is 4.79 Å². The van der Waals surface area contributed by atoms with E-state index in [4.69, 9.17) is 21.4 Å². The van der Waals surface area contributed by atoms with Crippen molar-refractivity contribution >= 4 is 39.6 Å². The number of aryl methyl sites for hydroxylation is 1. The van der Waals surface area contributed by atoms with Crippen LogP contribution in [0.5, 0.6) is 11.5 Å². The van der Waals surface area contributed by atoms with Gasteiger partial charge >= 0.3 is 5.97 Å². The molecular weight excluding hydrogens is 356 g/mol. The first-order valence-corrected chi connectivity index (χ1v) is 7.27. The number of carboxylic acid groups (broad SMARTS) is 1. The molecule has 0 spiro atoms. The fourth-order valence-corrected chi connectivity index (χ4v) is 2.22. The van der Waals surface area contributed by atoms with Crippen LogP contribution in [0.4, 0.5) is 0 Å². The minimum absolute atomic E-state index is 0.479. The summed E-state index contributed by atoms with van der Waals surface area (Å²) in [7, 11) is 0. The van der Waals surface area contributed by atoms with E-state index in [0.717, 1.165) is 16.1 Å². The van der Waals surface area contributed by atoms with E-state index in [-0.39, 0.29) is 0 Å². The summed E-state index contributed by atoms with van der Waals surface area (Å²) in [4.78, 5) is 10.7. The number of hydrogen-bond donors (Lipinski definition) is 1. The number of rotatable bonds is 4. The van der Waals surface area contributed by atoms with Gasteiger partial charge in [-0.15, -0.1) is 0 Å². The van der Waals surface area contributed by atoms with Crippen molar-refractivity contribution in [1.82, 2.24) is 0 Å². The molecule has 2 aromatic carbocycles. The average molecular weight is 368 g/mol. The van der Waals surface area contributed by atoms with Gasteiger partial charge in [-0.3, -0.25) is 0 Å². The smallest absolute Gasteiger partial charge is 0.328 e. The fourth-order valence-electron chi connectivity index (χ4n) is 1.73.